The number of rotatable bonds is 6. The SMILES string of the molecule is C#Cc1ccc(-c2nc(N3CC(Oc4cnn(CC5CC5)c4)C3)nc3c(=O)n(C)c(C(F)(F)F)nc23)c(F)c1. The molecule has 4 heterocycles. The van der Waals surface area contributed by atoms with Crippen molar-refractivity contribution in [2.24, 2.45) is 13.0 Å². The molecule has 2 fully saturated rings. The monoisotopic (exact) mass is 539 g/mol. The van der Waals surface area contributed by atoms with Crippen LogP contribution in [0.5, 0.6) is 5.75 Å². The van der Waals surface area contributed by atoms with Crippen LogP contribution in [0.15, 0.2) is 35.4 Å². The molecule has 1 aliphatic heterocycles. The van der Waals surface area contributed by atoms with E-state index in [1.165, 1.54) is 25.0 Å². The molecule has 6 rings (SSSR count). The van der Waals surface area contributed by atoms with Crippen LogP contribution in [0.2, 0.25) is 0 Å². The maximum atomic E-state index is 15.1. The maximum Gasteiger partial charge on any atom is 0.449 e. The highest BCUT2D eigenvalue weighted by Crippen LogP contribution is 2.34. The second-order valence-corrected chi connectivity index (χ2v) is 9.69. The van der Waals surface area contributed by atoms with Crippen molar-refractivity contribution >= 4 is 17.0 Å². The fourth-order valence-corrected chi connectivity index (χ4v) is 4.45. The first-order chi connectivity index (χ1) is 18.6. The van der Waals surface area contributed by atoms with Gasteiger partial charge in [-0.05, 0) is 37.0 Å². The molecule has 39 heavy (non-hydrogen) atoms. The molecular weight excluding hydrogens is 518 g/mol. The molecule has 0 spiro atoms. The lowest BCUT2D eigenvalue weighted by molar-refractivity contribution is -0.147. The van der Waals surface area contributed by atoms with E-state index in [-0.39, 0.29) is 34.4 Å². The standard InChI is InChI=1S/C26H21F4N7O2/c1-3-14-6-7-18(19(27)8-14)20-21-22(23(38)35(2)24(32-21)26(28,29)30)34-25(33-20)36-11-17(12-36)39-16-9-31-37(13-16)10-15-4-5-15/h1,6-9,13,15,17H,4-5,10-12H2,2H3. The molecule has 13 heteroatoms. The van der Waals surface area contributed by atoms with Gasteiger partial charge in [-0.25, -0.2) is 19.3 Å². The Morgan fingerprint density at radius 3 is 2.59 bits per heavy atom. The highest BCUT2D eigenvalue weighted by Gasteiger charge is 2.38. The molecule has 1 aromatic carbocycles. The Kier molecular flexibility index (Phi) is 5.78. The van der Waals surface area contributed by atoms with Gasteiger partial charge in [0.05, 0.1) is 25.5 Å². The second kappa shape index (κ2) is 9.07. The van der Waals surface area contributed by atoms with Crippen molar-refractivity contribution in [3.8, 4) is 29.4 Å². The minimum absolute atomic E-state index is 0.0425. The predicted octanol–water partition coefficient (Wildman–Crippen LogP) is 3.40. The average Bonchev–Trinajstić information content (AvgIpc) is 3.58. The number of hydrogen-bond acceptors (Lipinski definition) is 7. The summed E-state index contributed by atoms with van der Waals surface area (Å²) in [5.41, 5.74) is -2.03. The number of ether oxygens (including phenoxy) is 1. The largest absolute Gasteiger partial charge is 0.483 e. The molecule has 2 aliphatic rings. The van der Waals surface area contributed by atoms with Gasteiger partial charge in [-0.3, -0.25) is 14.0 Å². The molecule has 0 bridgehead atoms. The zero-order valence-electron chi connectivity index (χ0n) is 20.6. The van der Waals surface area contributed by atoms with E-state index in [9.17, 15) is 18.0 Å². The number of anilines is 1. The average molecular weight is 539 g/mol. The number of fused-ring (bicyclic) bond motifs is 1. The van der Waals surface area contributed by atoms with Crippen molar-refractivity contribution < 1.29 is 22.3 Å². The highest BCUT2D eigenvalue weighted by atomic mass is 19.4. The number of terminal acetylenes is 1. The Morgan fingerprint density at radius 1 is 1.15 bits per heavy atom. The van der Waals surface area contributed by atoms with Gasteiger partial charge in [0.2, 0.25) is 11.8 Å². The molecule has 3 aromatic heterocycles. The van der Waals surface area contributed by atoms with Gasteiger partial charge in [-0.1, -0.05) is 5.92 Å². The molecule has 0 unspecified atom stereocenters. The van der Waals surface area contributed by atoms with Crippen molar-refractivity contribution in [3.05, 3.63) is 58.2 Å². The maximum absolute atomic E-state index is 15.1. The third kappa shape index (κ3) is 4.67. The predicted molar refractivity (Wildman–Crippen MR) is 132 cm³/mol. The van der Waals surface area contributed by atoms with Crippen LogP contribution in [0.3, 0.4) is 0 Å². The first-order valence-electron chi connectivity index (χ1n) is 12.2. The second-order valence-electron chi connectivity index (χ2n) is 9.69. The Hall–Kier alpha value is -4.47. The van der Waals surface area contributed by atoms with Gasteiger partial charge in [0.25, 0.3) is 5.56 Å². The molecule has 0 atom stereocenters. The third-order valence-corrected chi connectivity index (χ3v) is 6.74. The topological polar surface area (TPSA) is 91.0 Å². The molecule has 0 amide bonds. The van der Waals surface area contributed by atoms with Gasteiger partial charge >= 0.3 is 6.18 Å². The van der Waals surface area contributed by atoms with Gasteiger partial charge in [-0.2, -0.15) is 18.3 Å². The smallest absolute Gasteiger partial charge is 0.449 e. The summed E-state index contributed by atoms with van der Waals surface area (Å²) < 4.78 is 64.2. The zero-order chi connectivity index (χ0) is 27.5. The van der Waals surface area contributed by atoms with E-state index in [0.29, 0.717) is 29.3 Å². The summed E-state index contributed by atoms with van der Waals surface area (Å²) in [6, 6.07) is 3.78. The van der Waals surface area contributed by atoms with Crippen molar-refractivity contribution in [1.82, 2.24) is 29.3 Å². The van der Waals surface area contributed by atoms with E-state index in [1.807, 2.05) is 10.9 Å². The van der Waals surface area contributed by atoms with Crippen LogP contribution in [-0.4, -0.2) is 48.5 Å². The highest BCUT2D eigenvalue weighted by molar-refractivity contribution is 5.90. The van der Waals surface area contributed by atoms with Gasteiger partial charge in [0, 0.05) is 24.7 Å². The van der Waals surface area contributed by atoms with Gasteiger partial charge < -0.3 is 9.64 Å². The number of aromatic nitrogens is 6. The van der Waals surface area contributed by atoms with Crippen molar-refractivity contribution in [3.63, 3.8) is 0 Å². The van der Waals surface area contributed by atoms with E-state index in [2.05, 4.69) is 26.0 Å². The molecule has 200 valence electrons. The fourth-order valence-electron chi connectivity index (χ4n) is 4.45. The molecule has 4 aromatic rings. The number of halogens is 4. The quantitative estimate of drug-likeness (QED) is 0.274. The molecule has 1 aliphatic carbocycles. The molecule has 9 nitrogen and oxygen atoms in total. The molecule has 1 saturated carbocycles. The summed E-state index contributed by atoms with van der Waals surface area (Å²) in [7, 11) is 0.957. The molecular formula is C26H21F4N7O2. The van der Waals surface area contributed by atoms with Gasteiger partial charge in [0.15, 0.2) is 11.3 Å². The van der Waals surface area contributed by atoms with Crippen LogP contribution in [0.1, 0.15) is 24.2 Å². The molecule has 0 radical (unpaired) electrons. The number of alkyl halides is 3. The number of nitrogens with zero attached hydrogens (tertiary/aromatic N) is 7. The summed E-state index contributed by atoms with van der Waals surface area (Å²) in [5, 5.41) is 4.31. The first kappa shape index (κ1) is 24.8. The van der Waals surface area contributed by atoms with Crippen molar-refractivity contribution in [2.45, 2.75) is 31.7 Å². The number of benzene rings is 1. The number of hydrogen-bond donors (Lipinski definition) is 0. The first-order valence-corrected chi connectivity index (χ1v) is 12.2. The van der Waals surface area contributed by atoms with E-state index in [1.54, 1.807) is 11.1 Å². The lowest BCUT2D eigenvalue weighted by Crippen LogP contribution is -2.54. The van der Waals surface area contributed by atoms with Crippen LogP contribution < -0.4 is 15.2 Å². The normalized spacial score (nSPS) is 15.8. The third-order valence-electron chi connectivity index (χ3n) is 6.74. The van der Waals surface area contributed by atoms with Crippen LogP contribution in [0.25, 0.3) is 22.3 Å². The summed E-state index contributed by atoms with van der Waals surface area (Å²) in [6.07, 6.45) is 6.06. The molecule has 0 N–H and O–H groups in total. The fraction of sp³-hybridized carbons (Fsp3) is 0.346. The Balaban J connectivity index is 1.36. The van der Waals surface area contributed by atoms with E-state index < -0.39 is 28.9 Å². The van der Waals surface area contributed by atoms with Crippen LogP contribution in [-0.2, 0) is 19.8 Å². The Bertz CT molecular complexity index is 1700. The summed E-state index contributed by atoms with van der Waals surface area (Å²) in [5.74, 6) is 1.36. The Morgan fingerprint density at radius 2 is 1.92 bits per heavy atom. The summed E-state index contributed by atoms with van der Waals surface area (Å²) in [6.45, 7) is 1.53. The van der Waals surface area contributed by atoms with Crippen molar-refractivity contribution in [2.75, 3.05) is 18.0 Å². The zero-order valence-corrected chi connectivity index (χ0v) is 20.6. The van der Waals surface area contributed by atoms with E-state index >= 15 is 4.39 Å². The van der Waals surface area contributed by atoms with Crippen LogP contribution >= 0.6 is 0 Å². The van der Waals surface area contributed by atoms with Gasteiger partial charge in [0.1, 0.15) is 23.1 Å². The van der Waals surface area contributed by atoms with Crippen LogP contribution in [0, 0.1) is 24.1 Å². The minimum atomic E-state index is -4.93. The lowest BCUT2D eigenvalue weighted by atomic mass is 10.1. The van der Waals surface area contributed by atoms with Gasteiger partial charge in [-0.15, -0.1) is 6.42 Å². The Labute approximate surface area is 219 Å². The minimum Gasteiger partial charge on any atom is -0.483 e. The van der Waals surface area contributed by atoms with E-state index in [0.717, 1.165) is 19.7 Å². The molecule has 1 saturated heterocycles. The summed E-state index contributed by atoms with van der Waals surface area (Å²) >= 11 is 0. The van der Waals surface area contributed by atoms with E-state index in [4.69, 9.17) is 11.2 Å². The lowest BCUT2D eigenvalue weighted by Gasteiger charge is -2.38. The van der Waals surface area contributed by atoms with Crippen molar-refractivity contribution in [1.29, 1.82) is 0 Å². The summed E-state index contributed by atoms with van der Waals surface area (Å²) in [4.78, 5) is 26.9. The van der Waals surface area contributed by atoms with Crippen LogP contribution in [0.4, 0.5) is 23.5 Å².